The number of benzene rings is 1. The lowest BCUT2D eigenvalue weighted by Gasteiger charge is -2.35. The van der Waals surface area contributed by atoms with E-state index in [-0.39, 0.29) is 0 Å². The molecule has 0 radical (unpaired) electrons. The number of rotatable bonds is 2. The second-order valence-corrected chi connectivity index (χ2v) is 6.34. The van der Waals surface area contributed by atoms with Crippen LogP contribution in [0.15, 0.2) is 24.3 Å². The van der Waals surface area contributed by atoms with Gasteiger partial charge < -0.3 is 9.64 Å². The summed E-state index contributed by atoms with van der Waals surface area (Å²) in [7, 11) is 4.05. The van der Waals surface area contributed by atoms with Crippen LogP contribution in [0.5, 0.6) is 5.75 Å². The average Bonchev–Trinajstić information content (AvgIpc) is 2.76. The van der Waals surface area contributed by atoms with Gasteiger partial charge in [0.2, 0.25) is 0 Å². The molecule has 0 aromatic heterocycles. The van der Waals surface area contributed by atoms with Crippen molar-refractivity contribution in [2.24, 2.45) is 5.92 Å². The van der Waals surface area contributed by atoms with Gasteiger partial charge in [0.05, 0.1) is 7.11 Å². The van der Waals surface area contributed by atoms with E-state index in [2.05, 4.69) is 36.2 Å². The average molecular weight is 259 g/mol. The van der Waals surface area contributed by atoms with Crippen LogP contribution in [0, 0.1) is 5.92 Å². The van der Waals surface area contributed by atoms with Gasteiger partial charge in [-0.25, -0.2) is 0 Å². The Hall–Kier alpha value is -1.02. The molecule has 1 aliphatic carbocycles. The molecule has 19 heavy (non-hydrogen) atoms. The third kappa shape index (κ3) is 2.27. The fourth-order valence-electron chi connectivity index (χ4n) is 4.33. The van der Waals surface area contributed by atoms with Crippen LogP contribution in [0.25, 0.3) is 0 Å². The van der Waals surface area contributed by atoms with E-state index in [1.165, 1.54) is 50.8 Å². The maximum Gasteiger partial charge on any atom is 0.119 e. The van der Waals surface area contributed by atoms with Gasteiger partial charge in [0.15, 0.2) is 0 Å². The number of hydrogen-bond donors (Lipinski definition) is 0. The van der Waals surface area contributed by atoms with E-state index in [9.17, 15) is 0 Å². The minimum atomic E-state index is 0.416. The van der Waals surface area contributed by atoms with Gasteiger partial charge >= 0.3 is 0 Å². The first kappa shape index (κ1) is 13.0. The highest BCUT2D eigenvalue weighted by Gasteiger charge is 2.45. The number of fused-ring (bicyclic) bond motifs is 1. The monoisotopic (exact) mass is 259 g/mol. The number of methoxy groups -OCH3 is 1. The van der Waals surface area contributed by atoms with Crippen molar-refractivity contribution >= 4 is 0 Å². The van der Waals surface area contributed by atoms with Crippen LogP contribution in [0.1, 0.15) is 37.7 Å². The highest BCUT2D eigenvalue weighted by atomic mass is 16.5. The van der Waals surface area contributed by atoms with E-state index in [1.54, 1.807) is 7.11 Å². The molecule has 2 fully saturated rings. The van der Waals surface area contributed by atoms with Crippen molar-refractivity contribution in [3.8, 4) is 5.75 Å². The molecule has 1 saturated heterocycles. The van der Waals surface area contributed by atoms with Gasteiger partial charge in [-0.15, -0.1) is 0 Å². The van der Waals surface area contributed by atoms with Gasteiger partial charge in [-0.1, -0.05) is 18.6 Å². The maximum atomic E-state index is 5.43. The molecular weight excluding hydrogens is 234 g/mol. The molecule has 2 aliphatic rings. The van der Waals surface area contributed by atoms with Crippen molar-refractivity contribution in [3.05, 3.63) is 29.8 Å². The second-order valence-electron chi connectivity index (χ2n) is 6.34. The van der Waals surface area contributed by atoms with Crippen molar-refractivity contribution in [1.29, 1.82) is 0 Å². The number of hydrogen-bond acceptors (Lipinski definition) is 2. The Morgan fingerprint density at radius 3 is 2.95 bits per heavy atom. The summed E-state index contributed by atoms with van der Waals surface area (Å²) in [6.45, 7) is 2.51. The summed E-state index contributed by atoms with van der Waals surface area (Å²) in [6, 6.07) is 8.83. The Morgan fingerprint density at radius 1 is 1.26 bits per heavy atom. The molecule has 0 N–H and O–H groups in total. The molecule has 0 bridgehead atoms. The molecule has 1 heterocycles. The molecule has 0 unspecified atom stereocenters. The molecular formula is C17H25NO. The maximum absolute atomic E-state index is 5.43. The normalized spacial score (nSPS) is 31.8. The molecule has 1 aromatic carbocycles. The van der Waals surface area contributed by atoms with Gasteiger partial charge in [0.25, 0.3) is 0 Å². The van der Waals surface area contributed by atoms with E-state index < -0.39 is 0 Å². The highest BCUT2D eigenvalue weighted by molar-refractivity contribution is 5.35. The van der Waals surface area contributed by atoms with Crippen LogP contribution in [0.4, 0.5) is 0 Å². The summed E-state index contributed by atoms with van der Waals surface area (Å²) in [5, 5.41) is 0. The lowest BCUT2D eigenvalue weighted by atomic mass is 9.69. The molecule has 0 spiro atoms. The quantitative estimate of drug-likeness (QED) is 0.806. The molecule has 2 atom stereocenters. The lowest BCUT2D eigenvalue weighted by molar-refractivity contribution is 0.252. The number of likely N-dealkylation sites (tertiary alicyclic amines) is 1. The third-order valence-electron chi connectivity index (χ3n) is 5.30. The first-order valence-electron chi connectivity index (χ1n) is 7.58. The van der Waals surface area contributed by atoms with E-state index in [0.717, 1.165) is 11.7 Å². The van der Waals surface area contributed by atoms with Gasteiger partial charge in [0.1, 0.15) is 5.75 Å². The molecule has 3 rings (SSSR count). The summed E-state index contributed by atoms with van der Waals surface area (Å²) >= 11 is 0. The van der Waals surface area contributed by atoms with Crippen molar-refractivity contribution in [1.82, 2.24) is 4.90 Å². The number of ether oxygens (including phenoxy) is 1. The molecule has 104 valence electrons. The first-order chi connectivity index (χ1) is 9.24. The lowest BCUT2D eigenvalue weighted by Crippen LogP contribution is -2.34. The molecule has 2 heteroatoms. The van der Waals surface area contributed by atoms with Crippen LogP contribution in [0.2, 0.25) is 0 Å². The smallest absolute Gasteiger partial charge is 0.119 e. The largest absolute Gasteiger partial charge is 0.497 e. The zero-order chi connectivity index (χ0) is 13.3. The van der Waals surface area contributed by atoms with Gasteiger partial charge in [0, 0.05) is 6.54 Å². The van der Waals surface area contributed by atoms with Gasteiger partial charge in [-0.3, -0.25) is 0 Å². The standard InChI is InChI=1S/C17H25NO/c1-18-11-5-10-17(9-4-7-15(17)13-18)14-6-3-8-16(12-14)19-2/h3,6,8,12,15H,4-5,7,9-11,13H2,1-2H3/t15-,17-/m0/s1. The van der Waals surface area contributed by atoms with Crippen LogP contribution >= 0.6 is 0 Å². The Balaban J connectivity index is 1.98. The summed E-state index contributed by atoms with van der Waals surface area (Å²) in [4.78, 5) is 2.53. The fraction of sp³-hybridized carbons (Fsp3) is 0.647. The van der Waals surface area contributed by atoms with Crippen molar-refractivity contribution in [2.45, 2.75) is 37.5 Å². The zero-order valence-electron chi connectivity index (χ0n) is 12.2. The number of nitrogens with zero attached hydrogens (tertiary/aromatic N) is 1. The molecule has 0 amide bonds. The Morgan fingerprint density at radius 2 is 2.11 bits per heavy atom. The van der Waals surface area contributed by atoms with E-state index in [0.29, 0.717) is 5.41 Å². The fourth-order valence-corrected chi connectivity index (χ4v) is 4.33. The Kier molecular flexibility index (Phi) is 3.53. The molecule has 1 aromatic rings. The minimum Gasteiger partial charge on any atom is -0.497 e. The Labute approximate surface area is 116 Å². The summed E-state index contributed by atoms with van der Waals surface area (Å²) < 4.78 is 5.43. The second kappa shape index (κ2) is 5.16. The molecule has 1 aliphatic heterocycles. The van der Waals surface area contributed by atoms with Crippen LogP contribution in [-0.2, 0) is 5.41 Å². The first-order valence-corrected chi connectivity index (χ1v) is 7.58. The predicted molar refractivity (Wildman–Crippen MR) is 78.7 cm³/mol. The van der Waals surface area contributed by atoms with Crippen molar-refractivity contribution in [2.75, 3.05) is 27.2 Å². The highest BCUT2D eigenvalue weighted by Crippen LogP contribution is 2.50. The third-order valence-corrected chi connectivity index (χ3v) is 5.30. The predicted octanol–water partition coefficient (Wildman–Crippen LogP) is 3.46. The van der Waals surface area contributed by atoms with Gasteiger partial charge in [-0.05, 0) is 68.3 Å². The summed E-state index contributed by atoms with van der Waals surface area (Å²) in [6.07, 6.45) is 6.80. The topological polar surface area (TPSA) is 12.5 Å². The summed E-state index contributed by atoms with van der Waals surface area (Å²) in [5.74, 6) is 1.84. The van der Waals surface area contributed by atoms with Gasteiger partial charge in [-0.2, -0.15) is 0 Å². The SMILES string of the molecule is COc1cccc([C@@]23CCC[C@H]2CN(C)CCC3)c1. The van der Waals surface area contributed by atoms with Crippen molar-refractivity contribution < 1.29 is 4.74 Å². The van der Waals surface area contributed by atoms with E-state index >= 15 is 0 Å². The Bertz CT molecular complexity index is 445. The zero-order valence-corrected chi connectivity index (χ0v) is 12.2. The van der Waals surface area contributed by atoms with Crippen LogP contribution < -0.4 is 4.74 Å². The van der Waals surface area contributed by atoms with E-state index in [1.807, 2.05) is 0 Å². The molecule has 1 saturated carbocycles. The van der Waals surface area contributed by atoms with Crippen molar-refractivity contribution in [3.63, 3.8) is 0 Å². The van der Waals surface area contributed by atoms with Crippen LogP contribution in [-0.4, -0.2) is 32.1 Å². The molecule has 2 nitrogen and oxygen atoms in total. The summed E-state index contributed by atoms with van der Waals surface area (Å²) in [5.41, 5.74) is 1.93. The van der Waals surface area contributed by atoms with Crippen LogP contribution in [0.3, 0.4) is 0 Å². The van der Waals surface area contributed by atoms with E-state index in [4.69, 9.17) is 4.74 Å². The minimum absolute atomic E-state index is 0.416.